The van der Waals surface area contributed by atoms with Gasteiger partial charge in [0, 0.05) is 12.1 Å². The molecule has 0 saturated heterocycles. The molecule has 4 heteroatoms. The van der Waals surface area contributed by atoms with Gasteiger partial charge in [-0.1, -0.05) is 30.3 Å². The third-order valence-corrected chi connectivity index (χ3v) is 3.11. The van der Waals surface area contributed by atoms with Crippen LogP contribution in [0.4, 0.5) is 8.78 Å². The fourth-order valence-corrected chi connectivity index (χ4v) is 2.00. The highest BCUT2D eigenvalue weighted by Crippen LogP contribution is 2.19. The Labute approximate surface area is 117 Å². The van der Waals surface area contributed by atoms with Crippen LogP contribution >= 0.6 is 0 Å². The highest BCUT2D eigenvalue weighted by Gasteiger charge is 2.07. The summed E-state index contributed by atoms with van der Waals surface area (Å²) in [6.07, 6.45) is 0.568. The van der Waals surface area contributed by atoms with E-state index in [-0.39, 0.29) is 17.4 Å². The van der Waals surface area contributed by atoms with Gasteiger partial charge in [-0.2, -0.15) is 0 Å². The Balaban J connectivity index is 1.86. The Hall–Kier alpha value is -1.94. The van der Waals surface area contributed by atoms with Crippen molar-refractivity contribution in [1.82, 2.24) is 5.32 Å². The van der Waals surface area contributed by atoms with Crippen molar-refractivity contribution in [1.29, 1.82) is 0 Å². The van der Waals surface area contributed by atoms with Crippen molar-refractivity contribution in [2.45, 2.75) is 13.0 Å². The van der Waals surface area contributed by atoms with Gasteiger partial charge in [0.15, 0.2) is 11.6 Å². The molecule has 0 radical (unpaired) electrons. The minimum Gasteiger partial charge on any atom is -0.494 e. The first-order chi connectivity index (χ1) is 9.72. The quantitative estimate of drug-likeness (QED) is 0.818. The van der Waals surface area contributed by atoms with Gasteiger partial charge >= 0.3 is 0 Å². The van der Waals surface area contributed by atoms with Gasteiger partial charge in [0.05, 0.1) is 7.11 Å². The number of hydrogen-bond acceptors (Lipinski definition) is 2. The third kappa shape index (κ3) is 3.54. The van der Waals surface area contributed by atoms with Crippen molar-refractivity contribution < 1.29 is 13.5 Å². The molecule has 0 heterocycles. The van der Waals surface area contributed by atoms with Gasteiger partial charge < -0.3 is 10.1 Å². The molecule has 0 aliphatic carbocycles. The maximum absolute atomic E-state index is 13.9. The Kier molecular flexibility index (Phi) is 5.07. The fourth-order valence-electron chi connectivity index (χ4n) is 2.00. The van der Waals surface area contributed by atoms with E-state index >= 15 is 0 Å². The molecule has 0 aromatic heterocycles. The van der Waals surface area contributed by atoms with Crippen molar-refractivity contribution >= 4 is 0 Å². The van der Waals surface area contributed by atoms with Crippen LogP contribution in [0.5, 0.6) is 5.75 Å². The molecule has 0 bridgehead atoms. The normalized spacial score (nSPS) is 10.6. The van der Waals surface area contributed by atoms with Crippen LogP contribution in [0, 0.1) is 11.6 Å². The number of benzene rings is 2. The lowest BCUT2D eigenvalue weighted by Gasteiger charge is -2.09. The van der Waals surface area contributed by atoms with Crippen LogP contribution in [0.1, 0.15) is 11.1 Å². The fraction of sp³-hybridized carbons (Fsp3) is 0.250. The van der Waals surface area contributed by atoms with Gasteiger partial charge in [-0.3, -0.25) is 0 Å². The largest absolute Gasteiger partial charge is 0.494 e. The molecule has 0 unspecified atom stereocenters. The molecule has 2 aromatic rings. The Bertz CT molecular complexity index is 572. The summed E-state index contributed by atoms with van der Waals surface area (Å²) in [5.41, 5.74) is 1.20. The number of halogens is 2. The van der Waals surface area contributed by atoms with Crippen molar-refractivity contribution in [3.8, 4) is 5.75 Å². The van der Waals surface area contributed by atoms with E-state index in [0.29, 0.717) is 30.6 Å². The SMILES string of the molecule is COc1cccc(CNCCc2ccccc2F)c1F. The number of hydrogen-bond donors (Lipinski definition) is 1. The lowest BCUT2D eigenvalue weighted by molar-refractivity contribution is 0.383. The van der Waals surface area contributed by atoms with Crippen molar-refractivity contribution in [2.75, 3.05) is 13.7 Å². The zero-order valence-electron chi connectivity index (χ0n) is 11.3. The predicted octanol–water partition coefficient (Wildman–Crippen LogP) is 3.31. The van der Waals surface area contributed by atoms with Crippen LogP contribution < -0.4 is 10.1 Å². The summed E-state index contributed by atoms with van der Waals surface area (Å²) in [4.78, 5) is 0. The first kappa shape index (κ1) is 14.5. The number of methoxy groups -OCH3 is 1. The van der Waals surface area contributed by atoms with E-state index < -0.39 is 0 Å². The van der Waals surface area contributed by atoms with Gasteiger partial charge in [0.25, 0.3) is 0 Å². The zero-order chi connectivity index (χ0) is 14.4. The summed E-state index contributed by atoms with van der Waals surface area (Å²) in [6, 6.07) is 11.7. The van der Waals surface area contributed by atoms with Gasteiger partial charge in [-0.15, -0.1) is 0 Å². The first-order valence-corrected chi connectivity index (χ1v) is 6.48. The van der Waals surface area contributed by atoms with Gasteiger partial charge in [0.1, 0.15) is 5.82 Å². The molecule has 0 aliphatic rings. The van der Waals surface area contributed by atoms with E-state index in [4.69, 9.17) is 4.74 Å². The highest BCUT2D eigenvalue weighted by molar-refractivity contribution is 5.30. The van der Waals surface area contributed by atoms with Crippen LogP contribution in [0.2, 0.25) is 0 Å². The van der Waals surface area contributed by atoms with E-state index in [1.54, 1.807) is 36.4 Å². The van der Waals surface area contributed by atoms with E-state index in [9.17, 15) is 8.78 Å². The topological polar surface area (TPSA) is 21.3 Å². The predicted molar refractivity (Wildman–Crippen MR) is 74.8 cm³/mol. The molecular formula is C16H17F2NO. The standard InChI is InChI=1S/C16H17F2NO/c1-20-15-8-4-6-13(16(15)18)11-19-10-9-12-5-2-3-7-14(12)17/h2-8,19H,9-11H2,1H3. The Morgan fingerprint density at radius 1 is 1.00 bits per heavy atom. The van der Waals surface area contributed by atoms with E-state index in [2.05, 4.69) is 5.32 Å². The monoisotopic (exact) mass is 277 g/mol. The van der Waals surface area contributed by atoms with E-state index in [1.807, 2.05) is 0 Å². The summed E-state index contributed by atoms with van der Waals surface area (Å²) in [5, 5.41) is 3.11. The van der Waals surface area contributed by atoms with E-state index in [0.717, 1.165) is 0 Å². The van der Waals surface area contributed by atoms with Gasteiger partial charge in [0.2, 0.25) is 0 Å². The molecule has 2 rings (SSSR count). The molecule has 0 amide bonds. The van der Waals surface area contributed by atoms with Crippen molar-refractivity contribution in [2.24, 2.45) is 0 Å². The lowest BCUT2D eigenvalue weighted by atomic mass is 10.1. The zero-order valence-corrected chi connectivity index (χ0v) is 11.3. The highest BCUT2D eigenvalue weighted by atomic mass is 19.1. The molecule has 20 heavy (non-hydrogen) atoms. The molecule has 0 aliphatic heterocycles. The molecule has 2 aromatic carbocycles. The average molecular weight is 277 g/mol. The van der Waals surface area contributed by atoms with Gasteiger partial charge in [-0.05, 0) is 30.7 Å². The summed E-state index contributed by atoms with van der Waals surface area (Å²) >= 11 is 0. The summed E-state index contributed by atoms with van der Waals surface area (Å²) in [5.74, 6) is -0.325. The lowest BCUT2D eigenvalue weighted by Crippen LogP contribution is -2.18. The average Bonchev–Trinajstić information content (AvgIpc) is 2.47. The molecular weight excluding hydrogens is 260 g/mol. The smallest absolute Gasteiger partial charge is 0.169 e. The molecule has 0 fully saturated rings. The molecule has 0 spiro atoms. The number of rotatable bonds is 6. The first-order valence-electron chi connectivity index (χ1n) is 6.48. The molecule has 0 saturated carbocycles. The third-order valence-electron chi connectivity index (χ3n) is 3.11. The molecule has 1 N–H and O–H groups in total. The summed E-state index contributed by atoms with van der Waals surface area (Å²) in [7, 11) is 1.44. The summed E-state index contributed by atoms with van der Waals surface area (Å²) in [6.45, 7) is 0.967. The Morgan fingerprint density at radius 3 is 2.50 bits per heavy atom. The number of ether oxygens (including phenoxy) is 1. The Morgan fingerprint density at radius 2 is 1.75 bits per heavy atom. The van der Waals surface area contributed by atoms with Crippen molar-refractivity contribution in [3.63, 3.8) is 0 Å². The molecule has 0 atom stereocenters. The second-order valence-corrected chi connectivity index (χ2v) is 4.45. The molecule has 106 valence electrons. The van der Waals surface area contributed by atoms with Crippen LogP contribution in [0.15, 0.2) is 42.5 Å². The van der Waals surface area contributed by atoms with Crippen LogP contribution in [0.3, 0.4) is 0 Å². The van der Waals surface area contributed by atoms with Crippen LogP contribution in [-0.4, -0.2) is 13.7 Å². The minimum atomic E-state index is -0.353. The van der Waals surface area contributed by atoms with Crippen LogP contribution in [-0.2, 0) is 13.0 Å². The summed E-state index contributed by atoms with van der Waals surface area (Å²) < 4.78 is 32.2. The second kappa shape index (κ2) is 7.01. The maximum atomic E-state index is 13.9. The van der Waals surface area contributed by atoms with Gasteiger partial charge in [-0.25, -0.2) is 8.78 Å². The van der Waals surface area contributed by atoms with Crippen LogP contribution in [0.25, 0.3) is 0 Å². The number of nitrogens with one attached hydrogen (secondary N) is 1. The molecule has 2 nitrogen and oxygen atoms in total. The van der Waals surface area contributed by atoms with Crippen molar-refractivity contribution in [3.05, 3.63) is 65.2 Å². The maximum Gasteiger partial charge on any atom is 0.169 e. The van der Waals surface area contributed by atoms with E-state index in [1.165, 1.54) is 13.2 Å². The second-order valence-electron chi connectivity index (χ2n) is 4.45. The minimum absolute atomic E-state index is 0.207.